The first-order valence-corrected chi connectivity index (χ1v) is 6.80. The van der Waals surface area contributed by atoms with E-state index >= 15 is 0 Å². The molecule has 1 N–H and O–H groups in total. The quantitative estimate of drug-likeness (QED) is 0.778. The van der Waals surface area contributed by atoms with Crippen LogP contribution in [-0.4, -0.2) is 36.0 Å². The molecule has 3 fully saturated rings. The second-order valence-corrected chi connectivity index (χ2v) is 5.80. The molecule has 0 radical (unpaired) electrons. The molecule has 2 heterocycles. The first-order valence-electron chi connectivity index (χ1n) is 6.80. The Morgan fingerprint density at radius 2 is 1.94 bits per heavy atom. The lowest BCUT2D eigenvalue weighted by Gasteiger charge is -2.38. The Kier molecular flexibility index (Phi) is 3.99. The summed E-state index contributed by atoms with van der Waals surface area (Å²) in [4.78, 5) is 14.6. The van der Waals surface area contributed by atoms with Crippen molar-refractivity contribution in [1.29, 1.82) is 0 Å². The maximum atomic E-state index is 12.4. The lowest BCUT2D eigenvalue weighted by Crippen LogP contribution is -2.55. The average molecular weight is 259 g/mol. The number of likely N-dealkylation sites (tertiary alicyclic amines) is 1. The number of nitrogens with one attached hydrogen (secondary N) is 1. The number of amides is 1. The molecule has 2 saturated heterocycles. The van der Waals surface area contributed by atoms with E-state index in [1.54, 1.807) is 0 Å². The summed E-state index contributed by atoms with van der Waals surface area (Å²) in [6.45, 7) is 4.04. The van der Waals surface area contributed by atoms with Gasteiger partial charge in [-0.05, 0) is 32.1 Å². The van der Waals surface area contributed by atoms with Crippen LogP contribution in [-0.2, 0) is 4.79 Å². The number of halogens is 1. The van der Waals surface area contributed by atoms with E-state index in [1.807, 2.05) is 0 Å². The Morgan fingerprint density at radius 1 is 1.24 bits per heavy atom. The highest BCUT2D eigenvalue weighted by Crippen LogP contribution is 2.40. The van der Waals surface area contributed by atoms with E-state index in [0.29, 0.717) is 18.0 Å². The van der Waals surface area contributed by atoms with Crippen LogP contribution in [0.1, 0.15) is 39.0 Å². The molecule has 0 aromatic carbocycles. The van der Waals surface area contributed by atoms with Gasteiger partial charge in [-0.25, -0.2) is 0 Å². The van der Waals surface area contributed by atoms with Crippen LogP contribution in [0.15, 0.2) is 0 Å². The van der Waals surface area contributed by atoms with Crippen LogP contribution >= 0.6 is 12.4 Å². The van der Waals surface area contributed by atoms with Crippen molar-refractivity contribution < 1.29 is 4.79 Å². The third-order valence-corrected chi connectivity index (χ3v) is 4.73. The van der Waals surface area contributed by atoms with Crippen LogP contribution in [0.25, 0.3) is 0 Å². The summed E-state index contributed by atoms with van der Waals surface area (Å²) in [6, 6.07) is 1.07. The van der Waals surface area contributed by atoms with E-state index in [2.05, 4.69) is 17.1 Å². The molecular weight excluding hydrogens is 236 g/mol. The molecule has 0 aromatic heterocycles. The second-order valence-electron chi connectivity index (χ2n) is 5.80. The van der Waals surface area contributed by atoms with Gasteiger partial charge in [0.25, 0.3) is 0 Å². The van der Waals surface area contributed by atoms with E-state index < -0.39 is 0 Å². The first kappa shape index (κ1) is 13.2. The topological polar surface area (TPSA) is 32.3 Å². The summed E-state index contributed by atoms with van der Waals surface area (Å²) in [7, 11) is 0. The minimum absolute atomic E-state index is 0. The summed E-state index contributed by atoms with van der Waals surface area (Å²) >= 11 is 0. The van der Waals surface area contributed by atoms with E-state index in [-0.39, 0.29) is 18.3 Å². The Bertz CT molecular complexity index is 293. The number of nitrogens with zero attached hydrogens (tertiary/aromatic N) is 1. The third kappa shape index (κ3) is 2.19. The van der Waals surface area contributed by atoms with Gasteiger partial charge in [-0.3, -0.25) is 4.79 Å². The number of hydrogen-bond donors (Lipinski definition) is 1. The third-order valence-electron chi connectivity index (χ3n) is 4.73. The van der Waals surface area contributed by atoms with Gasteiger partial charge >= 0.3 is 0 Å². The Balaban J connectivity index is 0.00000108. The molecule has 0 bridgehead atoms. The molecule has 0 spiro atoms. The lowest BCUT2D eigenvalue weighted by molar-refractivity contribution is -0.140. The first-order chi connectivity index (χ1) is 7.77. The Morgan fingerprint density at radius 3 is 2.59 bits per heavy atom. The summed E-state index contributed by atoms with van der Waals surface area (Å²) in [6.07, 6.45) is 6.54. The van der Waals surface area contributed by atoms with Gasteiger partial charge in [0.1, 0.15) is 0 Å². The molecule has 3 rings (SSSR count). The highest BCUT2D eigenvalue weighted by Gasteiger charge is 2.44. The largest absolute Gasteiger partial charge is 0.336 e. The van der Waals surface area contributed by atoms with Crippen molar-refractivity contribution in [2.75, 3.05) is 13.1 Å². The zero-order chi connectivity index (χ0) is 11.1. The minimum atomic E-state index is 0. The fourth-order valence-electron chi connectivity index (χ4n) is 3.76. The van der Waals surface area contributed by atoms with Crippen molar-refractivity contribution in [3.05, 3.63) is 0 Å². The monoisotopic (exact) mass is 258 g/mol. The fraction of sp³-hybridized carbons (Fsp3) is 0.923. The number of hydrogen-bond acceptors (Lipinski definition) is 2. The van der Waals surface area contributed by atoms with Gasteiger partial charge < -0.3 is 10.2 Å². The zero-order valence-corrected chi connectivity index (χ0v) is 11.3. The Labute approximate surface area is 110 Å². The van der Waals surface area contributed by atoms with Gasteiger partial charge in [0, 0.05) is 25.2 Å². The number of carbonyl (C=O) groups excluding carboxylic acids is 1. The van der Waals surface area contributed by atoms with Crippen molar-refractivity contribution in [1.82, 2.24) is 10.2 Å². The smallest absolute Gasteiger partial charge is 0.228 e. The molecule has 3 nitrogen and oxygen atoms in total. The van der Waals surface area contributed by atoms with Gasteiger partial charge in [0.05, 0.1) is 5.92 Å². The van der Waals surface area contributed by atoms with Crippen molar-refractivity contribution in [3.8, 4) is 0 Å². The maximum absolute atomic E-state index is 12.4. The standard InChI is InChI=1S/C13H22N2O.ClH/c1-9-6-10-4-2-3-5-12(10)15(9)13(16)11-7-14-8-11;/h9-12,14H,2-8H2,1H3;1H. The molecule has 3 unspecified atom stereocenters. The summed E-state index contributed by atoms with van der Waals surface area (Å²) < 4.78 is 0. The average Bonchev–Trinajstić information content (AvgIpc) is 2.50. The van der Waals surface area contributed by atoms with Crippen LogP contribution in [0.5, 0.6) is 0 Å². The van der Waals surface area contributed by atoms with Crippen LogP contribution in [0, 0.1) is 11.8 Å². The molecule has 3 aliphatic rings. The van der Waals surface area contributed by atoms with Crippen LogP contribution < -0.4 is 5.32 Å². The molecule has 1 saturated carbocycles. The van der Waals surface area contributed by atoms with E-state index in [9.17, 15) is 4.79 Å². The molecule has 1 amide bonds. The lowest BCUT2D eigenvalue weighted by atomic mass is 9.84. The van der Waals surface area contributed by atoms with E-state index in [0.717, 1.165) is 19.0 Å². The summed E-state index contributed by atoms with van der Waals surface area (Å²) in [5, 5.41) is 3.20. The highest BCUT2D eigenvalue weighted by molar-refractivity contribution is 5.85. The number of rotatable bonds is 1. The van der Waals surface area contributed by atoms with Gasteiger partial charge in [-0.15, -0.1) is 12.4 Å². The predicted octanol–water partition coefficient (Wildman–Crippen LogP) is 1.81. The zero-order valence-electron chi connectivity index (χ0n) is 10.5. The van der Waals surface area contributed by atoms with Crippen molar-refractivity contribution >= 4 is 18.3 Å². The predicted molar refractivity (Wildman–Crippen MR) is 70.3 cm³/mol. The van der Waals surface area contributed by atoms with Gasteiger partial charge in [-0.1, -0.05) is 12.8 Å². The highest BCUT2D eigenvalue weighted by atomic mass is 35.5. The number of fused-ring (bicyclic) bond motifs is 1. The van der Waals surface area contributed by atoms with Crippen LogP contribution in [0.3, 0.4) is 0 Å². The molecule has 17 heavy (non-hydrogen) atoms. The second kappa shape index (κ2) is 5.15. The number of carbonyl (C=O) groups is 1. The van der Waals surface area contributed by atoms with Crippen LogP contribution in [0.4, 0.5) is 0 Å². The SMILES string of the molecule is CC1CC2CCCCC2N1C(=O)C1CNC1.Cl. The maximum Gasteiger partial charge on any atom is 0.228 e. The van der Waals surface area contributed by atoms with E-state index in [4.69, 9.17) is 0 Å². The Hall–Kier alpha value is -0.280. The molecular formula is C13H23ClN2O. The van der Waals surface area contributed by atoms with Crippen LogP contribution in [0.2, 0.25) is 0 Å². The van der Waals surface area contributed by atoms with Gasteiger partial charge in [0.15, 0.2) is 0 Å². The van der Waals surface area contributed by atoms with Gasteiger partial charge in [0.2, 0.25) is 5.91 Å². The van der Waals surface area contributed by atoms with Crippen molar-refractivity contribution in [2.45, 2.75) is 51.1 Å². The van der Waals surface area contributed by atoms with Crippen molar-refractivity contribution in [3.63, 3.8) is 0 Å². The molecule has 2 aliphatic heterocycles. The molecule has 0 aromatic rings. The molecule has 4 heteroatoms. The van der Waals surface area contributed by atoms with Crippen molar-refractivity contribution in [2.24, 2.45) is 11.8 Å². The molecule has 3 atom stereocenters. The fourth-order valence-corrected chi connectivity index (χ4v) is 3.76. The summed E-state index contributed by atoms with van der Waals surface area (Å²) in [5.41, 5.74) is 0. The van der Waals surface area contributed by atoms with E-state index in [1.165, 1.54) is 32.1 Å². The van der Waals surface area contributed by atoms with Gasteiger partial charge in [-0.2, -0.15) is 0 Å². The summed E-state index contributed by atoms with van der Waals surface area (Å²) in [5.74, 6) is 1.52. The normalized spacial score (nSPS) is 37.0. The minimum Gasteiger partial charge on any atom is -0.336 e. The molecule has 98 valence electrons. The molecule has 1 aliphatic carbocycles.